The van der Waals surface area contributed by atoms with Gasteiger partial charge in [0.15, 0.2) is 5.54 Å². The topological polar surface area (TPSA) is 96.3 Å². The highest BCUT2D eigenvalue weighted by Gasteiger charge is 2.64. The van der Waals surface area contributed by atoms with E-state index in [0.29, 0.717) is 17.7 Å². The van der Waals surface area contributed by atoms with Gasteiger partial charge in [-0.2, -0.15) is 5.26 Å². The van der Waals surface area contributed by atoms with Crippen molar-refractivity contribution in [3.05, 3.63) is 58.7 Å². The SMILES string of the molecule is N#Cc1cnc2c(c1)CCCC2Nc1ccc(F)c([C@@]2(C(F)F)N=C(N)O[C@@H]3C[C@@H]32)c1. The Kier molecular flexibility index (Phi) is 4.54. The highest BCUT2D eigenvalue weighted by atomic mass is 19.3. The Labute approximate surface area is 176 Å². The molecule has 9 heteroatoms. The summed E-state index contributed by atoms with van der Waals surface area (Å²) in [5.41, 5.74) is 6.19. The number of alkyl halides is 2. The second-order valence-corrected chi connectivity index (χ2v) is 8.24. The van der Waals surface area contributed by atoms with E-state index in [0.717, 1.165) is 30.5 Å². The summed E-state index contributed by atoms with van der Waals surface area (Å²) in [6, 6.07) is 7.50. The molecule has 5 rings (SSSR count). The zero-order valence-electron chi connectivity index (χ0n) is 16.5. The maximum atomic E-state index is 14.8. The minimum Gasteiger partial charge on any atom is -0.462 e. The maximum absolute atomic E-state index is 14.8. The zero-order valence-corrected chi connectivity index (χ0v) is 16.5. The van der Waals surface area contributed by atoms with Gasteiger partial charge in [-0.05, 0) is 55.5 Å². The predicted molar refractivity (Wildman–Crippen MR) is 107 cm³/mol. The lowest BCUT2D eigenvalue weighted by Gasteiger charge is -2.33. The second kappa shape index (κ2) is 7.15. The van der Waals surface area contributed by atoms with Crippen LogP contribution in [0.4, 0.5) is 18.9 Å². The first-order valence-electron chi connectivity index (χ1n) is 10.2. The lowest BCUT2D eigenvalue weighted by atomic mass is 9.84. The molecular formula is C22H20F3N5O. The molecule has 1 aromatic carbocycles. The molecule has 2 heterocycles. The third-order valence-electron chi connectivity index (χ3n) is 6.34. The van der Waals surface area contributed by atoms with Crippen LogP contribution in [0.1, 0.15) is 47.7 Å². The van der Waals surface area contributed by atoms with Crippen LogP contribution in [0.2, 0.25) is 0 Å². The number of pyridine rings is 1. The Hall–Kier alpha value is -3.28. The second-order valence-electron chi connectivity index (χ2n) is 8.24. The molecular weight excluding hydrogens is 407 g/mol. The third-order valence-corrected chi connectivity index (χ3v) is 6.34. The summed E-state index contributed by atoms with van der Waals surface area (Å²) in [6.45, 7) is 0. The minimum atomic E-state index is -2.93. The van der Waals surface area contributed by atoms with Crippen LogP contribution < -0.4 is 11.1 Å². The fourth-order valence-corrected chi connectivity index (χ4v) is 4.79. The van der Waals surface area contributed by atoms with E-state index in [1.807, 2.05) is 6.07 Å². The molecule has 0 bridgehead atoms. The van der Waals surface area contributed by atoms with E-state index >= 15 is 0 Å². The van der Waals surface area contributed by atoms with Gasteiger partial charge in [0, 0.05) is 23.4 Å². The average molecular weight is 427 g/mol. The molecule has 2 aromatic rings. The van der Waals surface area contributed by atoms with Gasteiger partial charge in [-0.3, -0.25) is 4.98 Å². The van der Waals surface area contributed by atoms with Crippen LogP contribution >= 0.6 is 0 Å². The zero-order chi connectivity index (χ0) is 21.8. The van der Waals surface area contributed by atoms with Gasteiger partial charge < -0.3 is 15.8 Å². The number of benzene rings is 1. The lowest BCUT2D eigenvalue weighted by Crippen LogP contribution is -2.43. The Morgan fingerprint density at radius 3 is 2.94 bits per heavy atom. The quantitative estimate of drug-likeness (QED) is 0.774. The number of halogens is 3. The first-order chi connectivity index (χ1) is 14.9. The first kappa shape index (κ1) is 19.7. The molecule has 1 aliphatic heterocycles. The number of anilines is 1. The van der Waals surface area contributed by atoms with Crippen molar-refractivity contribution in [1.29, 1.82) is 5.26 Å². The largest absolute Gasteiger partial charge is 0.462 e. The molecule has 3 N–H and O–H groups in total. The molecule has 1 fully saturated rings. The van der Waals surface area contributed by atoms with Crippen LogP contribution in [0, 0.1) is 23.1 Å². The molecule has 4 atom stereocenters. The van der Waals surface area contributed by atoms with Crippen molar-refractivity contribution in [2.24, 2.45) is 16.6 Å². The normalized spacial score (nSPS) is 28.6. The van der Waals surface area contributed by atoms with Gasteiger partial charge in [-0.25, -0.2) is 18.2 Å². The van der Waals surface area contributed by atoms with Gasteiger partial charge in [-0.1, -0.05) is 0 Å². The highest BCUT2D eigenvalue weighted by molar-refractivity contribution is 5.74. The van der Waals surface area contributed by atoms with Gasteiger partial charge in [-0.15, -0.1) is 0 Å². The third kappa shape index (κ3) is 3.17. The van der Waals surface area contributed by atoms with E-state index in [9.17, 15) is 13.2 Å². The molecule has 1 unspecified atom stereocenters. The minimum absolute atomic E-state index is 0.172. The lowest BCUT2D eigenvalue weighted by molar-refractivity contribution is 0.0177. The Morgan fingerprint density at radius 1 is 1.32 bits per heavy atom. The number of nitrogens with two attached hydrogens (primary N) is 1. The molecule has 0 saturated heterocycles. The number of aryl methyl sites for hydroxylation is 1. The summed E-state index contributed by atoms with van der Waals surface area (Å²) in [5.74, 6) is -1.37. The molecule has 3 aliphatic rings. The van der Waals surface area contributed by atoms with Gasteiger partial charge in [0.05, 0.1) is 17.3 Å². The number of nitriles is 1. The van der Waals surface area contributed by atoms with E-state index in [1.54, 1.807) is 0 Å². The number of hydrogen-bond donors (Lipinski definition) is 2. The summed E-state index contributed by atoms with van der Waals surface area (Å²) in [6.07, 6.45) is 0.958. The number of aromatic nitrogens is 1. The molecule has 2 aliphatic carbocycles. The fourth-order valence-electron chi connectivity index (χ4n) is 4.79. The van der Waals surface area contributed by atoms with Crippen molar-refractivity contribution in [2.75, 3.05) is 5.32 Å². The molecule has 1 saturated carbocycles. The predicted octanol–water partition coefficient (Wildman–Crippen LogP) is 3.78. The maximum Gasteiger partial charge on any atom is 0.283 e. The van der Waals surface area contributed by atoms with Crippen LogP contribution in [0.15, 0.2) is 35.5 Å². The van der Waals surface area contributed by atoms with Crippen molar-refractivity contribution in [1.82, 2.24) is 4.98 Å². The van der Waals surface area contributed by atoms with Crippen LogP contribution in [0.3, 0.4) is 0 Å². The summed E-state index contributed by atoms with van der Waals surface area (Å²) < 4.78 is 48.7. The summed E-state index contributed by atoms with van der Waals surface area (Å²) in [7, 11) is 0. The first-order valence-corrected chi connectivity index (χ1v) is 10.2. The molecule has 6 nitrogen and oxygen atoms in total. The summed E-state index contributed by atoms with van der Waals surface area (Å²) in [5, 5.41) is 12.4. The van der Waals surface area contributed by atoms with Crippen molar-refractivity contribution in [3.8, 4) is 6.07 Å². The summed E-state index contributed by atoms with van der Waals surface area (Å²) in [4.78, 5) is 8.36. The van der Waals surface area contributed by atoms with E-state index in [2.05, 4.69) is 21.4 Å². The van der Waals surface area contributed by atoms with Gasteiger partial charge >= 0.3 is 0 Å². The van der Waals surface area contributed by atoms with Crippen molar-refractivity contribution >= 4 is 11.7 Å². The monoisotopic (exact) mass is 427 g/mol. The standard InChI is InChI=1S/C22H20F3N5O/c23-16-5-4-13(29-17-3-1-2-12-6-11(9-26)10-28-19(12)17)7-14(16)22(20(24)25)15-8-18(15)31-21(27)30-22/h4-7,10,15,17-18,20,29H,1-3,8H2,(H2,27,30)/t15-,17?,18+,22+/m0/s1. The van der Waals surface area contributed by atoms with Gasteiger partial charge in [0.2, 0.25) is 0 Å². The molecule has 0 radical (unpaired) electrons. The number of ether oxygens (including phenoxy) is 1. The van der Waals surface area contributed by atoms with Crippen LogP contribution in [-0.4, -0.2) is 23.5 Å². The average Bonchev–Trinajstić information content (AvgIpc) is 3.53. The highest BCUT2D eigenvalue weighted by Crippen LogP contribution is 2.56. The molecule has 160 valence electrons. The smallest absolute Gasteiger partial charge is 0.283 e. The van der Waals surface area contributed by atoms with Gasteiger partial charge in [0.1, 0.15) is 18.0 Å². The van der Waals surface area contributed by atoms with E-state index in [4.69, 9.17) is 15.7 Å². The number of rotatable bonds is 4. The number of hydrogen-bond acceptors (Lipinski definition) is 6. The number of amidine groups is 1. The van der Waals surface area contributed by atoms with E-state index < -0.39 is 29.8 Å². The van der Waals surface area contributed by atoms with Crippen molar-refractivity contribution < 1.29 is 17.9 Å². The molecule has 1 aromatic heterocycles. The van der Waals surface area contributed by atoms with Gasteiger partial charge in [0.25, 0.3) is 12.4 Å². The molecule has 0 amide bonds. The van der Waals surface area contributed by atoms with Crippen molar-refractivity contribution in [2.45, 2.75) is 49.8 Å². The number of fused-ring (bicyclic) bond motifs is 2. The van der Waals surface area contributed by atoms with Crippen LogP contribution in [-0.2, 0) is 16.7 Å². The Morgan fingerprint density at radius 2 is 2.16 bits per heavy atom. The number of nitrogens with zero attached hydrogens (tertiary/aromatic N) is 3. The van der Waals surface area contributed by atoms with Crippen LogP contribution in [0.5, 0.6) is 0 Å². The van der Waals surface area contributed by atoms with E-state index in [-0.39, 0.29) is 17.6 Å². The molecule has 0 spiro atoms. The van der Waals surface area contributed by atoms with E-state index in [1.165, 1.54) is 24.4 Å². The fraction of sp³-hybridized carbons (Fsp3) is 0.409. The Bertz CT molecular complexity index is 1110. The number of nitrogens with one attached hydrogen (secondary N) is 1. The number of aliphatic imine (C=N–C) groups is 1. The molecule has 31 heavy (non-hydrogen) atoms. The Balaban J connectivity index is 1.51. The van der Waals surface area contributed by atoms with Crippen molar-refractivity contribution in [3.63, 3.8) is 0 Å². The summed E-state index contributed by atoms with van der Waals surface area (Å²) >= 11 is 0. The van der Waals surface area contributed by atoms with Crippen LogP contribution in [0.25, 0.3) is 0 Å².